The molecule has 2 heterocycles. The van der Waals surface area contributed by atoms with E-state index in [-0.39, 0.29) is 28.9 Å². The summed E-state index contributed by atoms with van der Waals surface area (Å²) in [5.41, 5.74) is 0.524. The third-order valence-electron chi connectivity index (χ3n) is 4.42. The molecule has 166 valence electrons. The fourth-order valence-corrected chi connectivity index (χ4v) is 4.35. The molecule has 0 aliphatic carbocycles. The highest BCUT2D eigenvalue weighted by atomic mass is 79.9. The number of carboxylic acids is 1. The molecule has 0 bridgehead atoms. The number of thioether (sulfide) groups is 1. The van der Waals surface area contributed by atoms with Crippen LogP contribution in [-0.2, 0) is 19.1 Å². The number of carbonyl (C=O) groups is 4. The van der Waals surface area contributed by atoms with Crippen molar-refractivity contribution in [3.8, 4) is 11.5 Å². The molecule has 1 aromatic rings. The van der Waals surface area contributed by atoms with Crippen molar-refractivity contribution in [2.24, 2.45) is 0 Å². The van der Waals surface area contributed by atoms with E-state index in [1.807, 2.05) is 0 Å². The zero-order chi connectivity index (χ0) is 22.5. The summed E-state index contributed by atoms with van der Waals surface area (Å²) in [6, 6.07) is 3.15. The predicted molar refractivity (Wildman–Crippen MR) is 114 cm³/mol. The number of hydrogen-bond donors (Lipinski definition) is 1. The second kappa shape index (κ2) is 10.2. The number of nitrogens with zero attached hydrogens (tertiary/aromatic N) is 2. The molecule has 31 heavy (non-hydrogen) atoms. The van der Waals surface area contributed by atoms with Crippen molar-refractivity contribution >= 4 is 56.8 Å². The minimum Gasteiger partial charge on any atom is -0.493 e. The molecule has 0 spiro atoms. The molecule has 10 nitrogen and oxygen atoms in total. The van der Waals surface area contributed by atoms with Crippen molar-refractivity contribution < 1.29 is 38.5 Å². The molecule has 12 heteroatoms. The monoisotopic (exact) mass is 514 g/mol. The van der Waals surface area contributed by atoms with Gasteiger partial charge in [-0.15, -0.1) is 0 Å². The Kier molecular flexibility index (Phi) is 7.57. The summed E-state index contributed by atoms with van der Waals surface area (Å²) in [6.45, 7) is 0.832. The van der Waals surface area contributed by atoms with Crippen molar-refractivity contribution in [1.29, 1.82) is 0 Å². The Balaban J connectivity index is 1.76. The third-order valence-corrected chi connectivity index (χ3v) is 5.92. The molecule has 3 rings (SSSR count). The van der Waals surface area contributed by atoms with Crippen LogP contribution < -0.4 is 9.47 Å². The van der Waals surface area contributed by atoms with Crippen LogP contribution >= 0.6 is 27.7 Å². The lowest BCUT2D eigenvalue weighted by Crippen LogP contribution is -2.46. The molecular weight excluding hydrogens is 496 g/mol. The molecule has 0 radical (unpaired) electrons. The number of halogens is 1. The van der Waals surface area contributed by atoms with Gasteiger partial charge in [0.1, 0.15) is 6.54 Å². The van der Waals surface area contributed by atoms with Gasteiger partial charge in [0.2, 0.25) is 5.91 Å². The number of carbonyl (C=O) groups excluding carboxylic acids is 3. The first-order chi connectivity index (χ1) is 14.8. The minimum atomic E-state index is -1.14. The number of morpholine rings is 1. The van der Waals surface area contributed by atoms with Gasteiger partial charge in [-0.25, -0.2) is 4.79 Å². The molecule has 2 aliphatic heterocycles. The van der Waals surface area contributed by atoms with E-state index in [9.17, 15) is 19.2 Å². The lowest BCUT2D eigenvalue weighted by molar-refractivity contribution is -0.139. The second-order valence-corrected chi connectivity index (χ2v) is 8.33. The quantitative estimate of drug-likeness (QED) is 0.542. The molecule has 0 unspecified atom stereocenters. The molecule has 1 aromatic carbocycles. The van der Waals surface area contributed by atoms with Gasteiger partial charge in [-0.1, -0.05) is 0 Å². The van der Waals surface area contributed by atoms with Crippen molar-refractivity contribution in [3.63, 3.8) is 0 Å². The van der Waals surface area contributed by atoms with Crippen LogP contribution in [0.3, 0.4) is 0 Å². The molecule has 2 aliphatic rings. The maximum Gasteiger partial charge on any atom is 0.341 e. The van der Waals surface area contributed by atoms with Crippen LogP contribution in [0.25, 0.3) is 6.08 Å². The van der Waals surface area contributed by atoms with Gasteiger partial charge in [0, 0.05) is 13.1 Å². The summed E-state index contributed by atoms with van der Waals surface area (Å²) in [5.74, 6) is -1.55. The number of carboxylic acid groups (broad SMARTS) is 1. The highest BCUT2D eigenvalue weighted by Gasteiger charge is 2.37. The number of aliphatic carboxylic acids is 1. The largest absolute Gasteiger partial charge is 0.493 e. The molecule has 0 aromatic heterocycles. The molecule has 1 N–H and O–H groups in total. The van der Waals surface area contributed by atoms with Crippen LogP contribution in [0.5, 0.6) is 11.5 Å². The van der Waals surface area contributed by atoms with Gasteiger partial charge in [0.25, 0.3) is 11.1 Å². The molecular formula is C19H19BrN2O8S. The van der Waals surface area contributed by atoms with Gasteiger partial charge < -0.3 is 24.2 Å². The molecule has 2 fully saturated rings. The van der Waals surface area contributed by atoms with Crippen molar-refractivity contribution in [1.82, 2.24) is 9.80 Å². The maximum absolute atomic E-state index is 12.7. The van der Waals surface area contributed by atoms with Gasteiger partial charge in [-0.3, -0.25) is 19.3 Å². The number of rotatable bonds is 7. The Labute approximate surface area is 190 Å². The minimum absolute atomic E-state index is 0.160. The topological polar surface area (TPSA) is 123 Å². The Bertz CT molecular complexity index is 945. The van der Waals surface area contributed by atoms with E-state index in [4.69, 9.17) is 19.3 Å². The first-order valence-corrected chi connectivity index (χ1v) is 10.7. The lowest BCUT2D eigenvalue weighted by Gasteiger charge is -2.28. The highest BCUT2D eigenvalue weighted by molar-refractivity contribution is 9.10. The fourth-order valence-electron chi connectivity index (χ4n) is 2.93. The summed E-state index contributed by atoms with van der Waals surface area (Å²) in [5, 5.41) is 8.27. The van der Waals surface area contributed by atoms with Crippen molar-refractivity contribution in [2.75, 3.05) is 46.6 Å². The maximum atomic E-state index is 12.7. The molecule has 0 saturated carbocycles. The third kappa shape index (κ3) is 5.57. The van der Waals surface area contributed by atoms with Crippen LogP contribution in [-0.4, -0.2) is 84.5 Å². The summed E-state index contributed by atoms with van der Waals surface area (Å²) in [7, 11) is 1.39. The fraction of sp³-hybridized carbons (Fsp3) is 0.368. The number of benzene rings is 1. The standard InChI is InChI=1S/C19H19BrN2O8S/c1-28-13-7-11(6-12(20)17(13)30-10-16(24)25)8-14-18(26)22(19(27)31-14)9-15(23)21-2-4-29-5-3-21/h6-8H,2-5,9-10H2,1H3,(H,24,25)/b14-8-. The second-order valence-electron chi connectivity index (χ2n) is 6.48. The number of methoxy groups -OCH3 is 1. The van der Waals surface area contributed by atoms with E-state index < -0.39 is 23.7 Å². The SMILES string of the molecule is COc1cc(/C=C2\SC(=O)N(CC(=O)N3CCOCC3)C2=O)cc(Br)c1OCC(=O)O. The van der Waals surface area contributed by atoms with Gasteiger partial charge >= 0.3 is 5.97 Å². The van der Waals surface area contributed by atoms with Crippen LogP contribution in [0.1, 0.15) is 5.56 Å². The van der Waals surface area contributed by atoms with Gasteiger partial charge in [-0.2, -0.15) is 0 Å². The number of hydrogen-bond acceptors (Lipinski definition) is 8. The zero-order valence-corrected chi connectivity index (χ0v) is 18.9. The van der Waals surface area contributed by atoms with Crippen LogP contribution in [0.15, 0.2) is 21.5 Å². The zero-order valence-electron chi connectivity index (χ0n) is 16.5. The van der Waals surface area contributed by atoms with E-state index in [2.05, 4.69) is 15.9 Å². The molecule has 3 amide bonds. The van der Waals surface area contributed by atoms with Crippen molar-refractivity contribution in [2.45, 2.75) is 0 Å². The summed E-state index contributed by atoms with van der Waals surface area (Å²) in [4.78, 5) is 50.8. The van der Waals surface area contributed by atoms with Crippen LogP contribution in [0, 0.1) is 0 Å². The Hall–Kier alpha value is -2.57. The van der Waals surface area contributed by atoms with Gasteiger partial charge in [0.15, 0.2) is 18.1 Å². The van der Waals surface area contributed by atoms with Gasteiger partial charge in [-0.05, 0) is 51.5 Å². The average molecular weight is 515 g/mol. The Morgan fingerprint density at radius 1 is 1.29 bits per heavy atom. The summed E-state index contributed by atoms with van der Waals surface area (Å²) in [6.07, 6.45) is 1.50. The molecule has 2 saturated heterocycles. The van der Waals surface area contributed by atoms with Gasteiger partial charge in [0.05, 0.1) is 29.7 Å². The Morgan fingerprint density at radius 3 is 2.65 bits per heavy atom. The number of amides is 3. The predicted octanol–water partition coefficient (Wildman–Crippen LogP) is 1.82. The van der Waals surface area contributed by atoms with E-state index in [1.54, 1.807) is 17.0 Å². The lowest BCUT2D eigenvalue weighted by atomic mass is 10.2. The summed E-state index contributed by atoms with van der Waals surface area (Å²) >= 11 is 4.04. The first kappa shape index (κ1) is 23.1. The smallest absolute Gasteiger partial charge is 0.341 e. The Morgan fingerprint density at radius 2 is 2.00 bits per heavy atom. The van der Waals surface area contributed by atoms with Crippen molar-refractivity contribution in [3.05, 3.63) is 27.1 Å². The van der Waals surface area contributed by atoms with E-state index in [0.29, 0.717) is 36.3 Å². The average Bonchev–Trinajstić information content (AvgIpc) is 3.00. The van der Waals surface area contributed by atoms with E-state index in [0.717, 1.165) is 16.7 Å². The summed E-state index contributed by atoms with van der Waals surface area (Å²) < 4.78 is 16.1. The highest BCUT2D eigenvalue weighted by Crippen LogP contribution is 2.39. The van der Waals surface area contributed by atoms with E-state index in [1.165, 1.54) is 13.2 Å². The van der Waals surface area contributed by atoms with Crippen LogP contribution in [0.4, 0.5) is 4.79 Å². The number of imide groups is 1. The normalized spacial score (nSPS) is 17.9. The van der Waals surface area contributed by atoms with Crippen LogP contribution in [0.2, 0.25) is 0 Å². The first-order valence-electron chi connectivity index (χ1n) is 9.13. The van der Waals surface area contributed by atoms with E-state index >= 15 is 0 Å². The number of ether oxygens (including phenoxy) is 3. The molecule has 0 atom stereocenters.